The van der Waals surface area contributed by atoms with E-state index in [1.165, 1.54) is 18.2 Å². The minimum absolute atomic E-state index is 0.0851. The van der Waals surface area contributed by atoms with Gasteiger partial charge in [0.05, 0.1) is 4.90 Å². The highest BCUT2D eigenvalue weighted by molar-refractivity contribution is 7.89. The summed E-state index contributed by atoms with van der Waals surface area (Å²) in [6.07, 6.45) is 2.28. The number of benzene rings is 1. The number of rotatable bonds is 4. The predicted octanol–water partition coefficient (Wildman–Crippen LogP) is 0.796. The SMILES string of the molecule is NS(=O)(=O)c1ccc(CCn2ccc(=O)[nH]c2=S)cc1. The molecule has 6 nitrogen and oxygen atoms in total. The molecule has 2 aromatic rings. The molecule has 20 heavy (non-hydrogen) atoms. The van der Waals surface area contributed by atoms with Gasteiger partial charge in [-0.3, -0.25) is 9.78 Å². The first kappa shape index (κ1) is 14.6. The Labute approximate surface area is 120 Å². The third-order valence-electron chi connectivity index (χ3n) is 2.79. The summed E-state index contributed by atoms with van der Waals surface area (Å²) < 4.78 is 24.4. The highest BCUT2D eigenvalue weighted by Crippen LogP contribution is 2.09. The molecular weight excluding hydrogens is 298 g/mol. The molecule has 0 unspecified atom stereocenters. The molecule has 3 N–H and O–H groups in total. The van der Waals surface area contributed by atoms with Gasteiger partial charge in [-0.25, -0.2) is 13.6 Å². The maximum absolute atomic E-state index is 11.1. The number of nitrogens with two attached hydrogens (primary N) is 1. The van der Waals surface area contributed by atoms with Crippen molar-refractivity contribution < 1.29 is 8.42 Å². The minimum Gasteiger partial charge on any atom is -0.325 e. The molecule has 0 spiro atoms. The summed E-state index contributed by atoms with van der Waals surface area (Å²) >= 11 is 5.04. The molecule has 1 aromatic carbocycles. The van der Waals surface area contributed by atoms with E-state index >= 15 is 0 Å². The van der Waals surface area contributed by atoms with Crippen molar-refractivity contribution in [2.45, 2.75) is 17.9 Å². The Morgan fingerprint density at radius 1 is 1.20 bits per heavy atom. The molecule has 2 rings (SSSR count). The fourth-order valence-corrected chi connectivity index (χ4v) is 2.48. The molecule has 0 radical (unpaired) electrons. The summed E-state index contributed by atoms with van der Waals surface area (Å²) in [5, 5.41) is 5.03. The van der Waals surface area contributed by atoms with Gasteiger partial charge in [0.25, 0.3) is 5.56 Å². The van der Waals surface area contributed by atoms with Crippen LogP contribution < -0.4 is 10.7 Å². The monoisotopic (exact) mass is 311 g/mol. The van der Waals surface area contributed by atoms with E-state index < -0.39 is 10.0 Å². The standard InChI is InChI=1S/C12H13N3O3S2/c13-20(17,18)10-3-1-9(2-4-10)5-7-15-8-6-11(16)14-12(15)19/h1-4,6,8H,5,7H2,(H2,13,17,18)(H,14,16,19). The summed E-state index contributed by atoms with van der Waals surface area (Å²) in [4.78, 5) is 13.7. The maximum Gasteiger partial charge on any atom is 0.251 e. The van der Waals surface area contributed by atoms with Crippen LogP contribution in [0.3, 0.4) is 0 Å². The van der Waals surface area contributed by atoms with Crippen LogP contribution in [0.5, 0.6) is 0 Å². The Kier molecular flexibility index (Phi) is 4.17. The van der Waals surface area contributed by atoms with Crippen LogP contribution in [0.1, 0.15) is 5.56 Å². The number of hydrogen-bond acceptors (Lipinski definition) is 4. The van der Waals surface area contributed by atoms with Crippen LogP contribution in [0.25, 0.3) is 0 Å². The normalized spacial score (nSPS) is 11.4. The van der Waals surface area contributed by atoms with Crippen LogP contribution in [0, 0.1) is 4.77 Å². The Morgan fingerprint density at radius 2 is 1.85 bits per heavy atom. The van der Waals surface area contributed by atoms with E-state index in [0.29, 0.717) is 17.7 Å². The average molecular weight is 311 g/mol. The van der Waals surface area contributed by atoms with E-state index in [1.807, 2.05) is 0 Å². The van der Waals surface area contributed by atoms with E-state index in [4.69, 9.17) is 17.4 Å². The molecule has 0 amide bonds. The first-order valence-corrected chi connectivity index (χ1v) is 7.73. The first-order chi connectivity index (χ1) is 9.36. The van der Waals surface area contributed by atoms with Crippen LogP contribution in [-0.2, 0) is 23.0 Å². The third-order valence-corrected chi connectivity index (χ3v) is 4.06. The summed E-state index contributed by atoms with van der Waals surface area (Å²) in [5.41, 5.74) is 0.717. The molecular formula is C12H13N3O3S2. The molecule has 0 fully saturated rings. The quantitative estimate of drug-likeness (QED) is 0.816. The van der Waals surface area contributed by atoms with Crippen LogP contribution in [0.2, 0.25) is 0 Å². The lowest BCUT2D eigenvalue weighted by atomic mass is 10.1. The van der Waals surface area contributed by atoms with Crippen LogP contribution in [-0.4, -0.2) is 18.0 Å². The highest BCUT2D eigenvalue weighted by atomic mass is 32.2. The number of nitrogens with one attached hydrogen (secondary N) is 1. The number of nitrogens with zero attached hydrogens (tertiary/aromatic N) is 1. The van der Waals surface area contributed by atoms with Gasteiger partial charge in [-0.2, -0.15) is 0 Å². The van der Waals surface area contributed by atoms with Gasteiger partial charge in [0.2, 0.25) is 10.0 Å². The van der Waals surface area contributed by atoms with Crippen molar-refractivity contribution in [1.29, 1.82) is 0 Å². The molecule has 0 saturated carbocycles. The number of hydrogen-bond donors (Lipinski definition) is 2. The van der Waals surface area contributed by atoms with Gasteiger partial charge in [0.15, 0.2) is 4.77 Å². The second kappa shape index (κ2) is 5.70. The van der Waals surface area contributed by atoms with Gasteiger partial charge in [0, 0.05) is 18.8 Å². The predicted molar refractivity (Wildman–Crippen MR) is 77.4 cm³/mol. The highest BCUT2D eigenvalue weighted by Gasteiger charge is 2.06. The number of sulfonamides is 1. The van der Waals surface area contributed by atoms with Crippen molar-refractivity contribution in [1.82, 2.24) is 9.55 Å². The number of H-pyrrole nitrogens is 1. The van der Waals surface area contributed by atoms with Crippen molar-refractivity contribution in [3.05, 3.63) is 57.2 Å². The topological polar surface area (TPSA) is 97.9 Å². The Bertz CT molecular complexity index is 820. The molecule has 0 saturated heterocycles. The lowest BCUT2D eigenvalue weighted by molar-refractivity contribution is 0.597. The summed E-state index contributed by atoms with van der Waals surface area (Å²) in [5.74, 6) is 0. The fraction of sp³-hybridized carbons (Fsp3) is 0.167. The number of primary sulfonamides is 1. The maximum atomic E-state index is 11.1. The molecule has 0 atom stereocenters. The van der Waals surface area contributed by atoms with Gasteiger partial charge >= 0.3 is 0 Å². The zero-order chi connectivity index (χ0) is 14.8. The van der Waals surface area contributed by atoms with Crippen molar-refractivity contribution in [3.63, 3.8) is 0 Å². The second-order valence-corrected chi connectivity index (χ2v) is 6.19. The molecule has 0 aliphatic heterocycles. The molecule has 8 heteroatoms. The largest absolute Gasteiger partial charge is 0.325 e. The molecule has 0 aliphatic rings. The van der Waals surface area contributed by atoms with Crippen LogP contribution >= 0.6 is 12.2 Å². The fourth-order valence-electron chi connectivity index (χ4n) is 1.72. The van der Waals surface area contributed by atoms with Gasteiger partial charge in [-0.05, 0) is 36.3 Å². The lowest BCUT2D eigenvalue weighted by Gasteiger charge is -2.06. The van der Waals surface area contributed by atoms with E-state index in [2.05, 4.69) is 4.98 Å². The molecule has 0 aliphatic carbocycles. The Hall–Kier alpha value is -1.77. The summed E-state index contributed by atoms with van der Waals surface area (Å²) in [6, 6.07) is 7.75. The Balaban J connectivity index is 2.12. The zero-order valence-electron chi connectivity index (χ0n) is 10.4. The van der Waals surface area contributed by atoms with Crippen LogP contribution in [0.4, 0.5) is 0 Å². The van der Waals surface area contributed by atoms with Gasteiger partial charge in [-0.1, -0.05) is 12.1 Å². The summed E-state index contributed by atoms with van der Waals surface area (Å²) in [7, 11) is -3.66. The van der Waals surface area contributed by atoms with Crippen molar-refractivity contribution in [2.75, 3.05) is 0 Å². The van der Waals surface area contributed by atoms with E-state index in [-0.39, 0.29) is 10.5 Å². The molecule has 0 bridgehead atoms. The van der Waals surface area contributed by atoms with Crippen LogP contribution in [0.15, 0.2) is 46.2 Å². The van der Waals surface area contributed by atoms with E-state index in [1.54, 1.807) is 22.9 Å². The molecule has 1 heterocycles. The molecule has 1 aromatic heterocycles. The number of aromatic nitrogens is 2. The third kappa shape index (κ3) is 3.62. The Morgan fingerprint density at radius 3 is 2.40 bits per heavy atom. The zero-order valence-corrected chi connectivity index (χ0v) is 12.1. The van der Waals surface area contributed by atoms with Crippen molar-refractivity contribution in [2.24, 2.45) is 5.14 Å². The second-order valence-electron chi connectivity index (χ2n) is 4.24. The van der Waals surface area contributed by atoms with Gasteiger partial charge in [0.1, 0.15) is 0 Å². The van der Waals surface area contributed by atoms with Crippen molar-refractivity contribution >= 4 is 22.2 Å². The van der Waals surface area contributed by atoms with E-state index in [9.17, 15) is 13.2 Å². The average Bonchev–Trinajstić information content (AvgIpc) is 2.37. The minimum atomic E-state index is -3.66. The van der Waals surface area contributed by atoms with Gasteiger partial charge < -0.3 is 4.57 Å². The van der Waals surface area contributed by atoms with Crippen molar-refractivity contribution in [3.8, 4) is 0 Å². The smallest absolute Gasteiger partial charge is 0.251 e. The molecule has 106 valence electrons. The summed E-state index contributed by atoms with van der Waals surface area (Å²) in [6.45, 7) is 0.588. The van der Waals surface area contributed by atoms with E-state index in [0.717, 1.165) is 5.56 Å². The number of aryl methyl sites for hydroxylation is 2. The van der Waals surface area contributed by atoms with Gasteiger partial charge in [-0.15, -0.1) is 0 Å². The number of aromatic amines is 1. The first-order valence-electron chi connectivity index (χ1n) is 5.78. The lowest BCUT2D eigenvalue weighted by Crippen LogP contribution is -2.13.